The molecule has 100 valence electrons. The highest BCUT2D eigenvalue weighted by Crippen LogP contribution is 2.41. The highest BCUT2D eigenvalue weighted by Gasteiger charge is 2.27. The highest BCUT2D eigenvalue weighted by atomic mass is 16.6. The Balaban J connectivity index is 2.23. The summed E-state index contributed by atoms with van der Waals surface area (Å²) in [5, 5.41) is 12.4. The van der Waals surface area contributed by atoms with Crippen LogP contribution in [0.25, 0.3) is 21.9 Å². The number of non-ortho nitro benzene ring substituents is 1. The number of nitro groups is 1. The predicted molar refractivity (Wildman–Crippen MR) is 79.5 cm³/mol. The summed E-state index contributed by atoms with van der Waals surface area (Å²) in [6.45, 7) is 0. The van der Waals surface area contributed by atoms with Gasteiger partial charge in [0.1, 0.15) is 0 Å². The Hall–Kier alpha value is -3.01. The van der Waals surface area contributed by atoms with Crippen molar-refractivity contribution in [2.75, 3.05) is 0 Å². The molecule has 0 spiro atoms. The molecular weight excluding hydrogens is 266 g/mol. The average Bonchev–Trinajstić information content (AvgIpc) is 2.51. The minimum atomic E-state index is -0.409. The minimum absolute atomic E-state index is 0.0304. The number of carbonyl (C=O) groups is 1. The van der Waals surface area contributed by atoms with Gasteiger partial charge in [-0.2, -0.15) is 0 Å². The van der Waals surface area contributed by atoms with Crippen LogP contribution in [0.2, 0.25) is 0 Å². The quantitative estimate of drug-likeness (QED) is 0.390. The van der Waals surface area contributed by atoms with E-state index in [1.807, 2.05) is 24.3 Å². The van der Waals surface area contributed by atoms with Crippen LogP contribution >= 0.6 is 0 Å². The molecule has 0 fully saturated rings. The molecule has 3 aromatic rings. The van der Waals surface area contributed by atoms with Crippen LogP contribution in [-0.2, 0) is 0 Å². The van der Waals surface area contributed by atoms with Crippen molar-refractivity contribution in [3.05, 3.63) is 75.8 Å². The highest BCUT2D eigenvalue weighted by molar-refractivity contribution is 6.26. The number of fused-ring (bicyclic) bond motifs is 2. The molecular formula is C17H9NO3. The Kier molecular flexibility index (Phi) is 2.24. The first-order valence-corrected chi connectivity index (χ1v) is 6.52. The normalized spacial score (nSPS) is 12.3. The van der Waals surface area contributed by atoms with Crippen molar-refractivity contribution in [1.82, 2.24) is 0 Å². The van der Waals surface area contributed by atoms with E-state index >= 15 is 0 Å². The van der Waals surface area contributed by atoms with Gasteiger partial charge in [0, 0.05) is 22.6 Å². The summed E-state index contributed by atoms with van der Waals surface area (Å²) in [6, 6.07) is 15.7. The topological polar surface area (TPSA) is 60.2 Å². The summed E-state index contributed by atoms with van der Waals surface area (Å²) in [5.41, 5.74) is 2.92. The third kappa shape index (κ3) is 1.47. The number of ketones is 1. The number of carbonyl (C=O) groups excluding carboxylic acids is 1. The van der Waals surface area contributed by atoms with E-state index in [0.29, 0.717) is 21.9 Å². The molecule has 4 heteroatoms. The summed E-state index contributed by atoms with van der Waals surface area (Å²) in [4.78, 5) is 23.4. The third-order valence-corrected chi connectivity index (χ3v) is 3.92. The van der Waals surface area contributed by atoms with Crippen molar-refractivity contribution in [2.24, 2.45) is 0 Å². The fraction of sp³-hybridized carbons (Fsp3) is 0. The van der Waals surface area contributed by atoms with Gasteiger partial charge in [-0.1, -0.05) is 36.4 Å². The first-order valence-electron chi connectivity index (χ1n) is 6.52. The van der Waals surface area contributed by atoms with Crippen molar-refractivity contribution in [2.45, 2.75) is 0 Å². The molecule has 3 aromatic carbocycles. The van der Waals surface area contributed by atoms with E-state index in [1.54, 1.807) is 24.3 Å². The maximum absolute atomic E-state index is 12.6. The van der Waals surface area contributed by atoms with Crippen LogP contribution in [0.4, 0.5) is 5.69 Å². The standard InChI is InChI=1S/C17H9NO3/c19-17-12-5-2-1-4-10(12)11-6-3-7-13-15(18(20)21)9-8-14(17)16(11)13/h1-9H. The van der Waals surface area contributed by atoms with Gasteiger partial charge in [-0.25, -0.2) is 0 Å². The summed E-state index contributed by atoms with van der Waals surface area (Å²) in [6.07, 6.45) is 0. The maximum atomic E-state index is 12.6. The van der Waals surface area contributed by atoms with Crippen LogP contribution < -0.4 is 0 Å². The van der Waals surface area contributed by atoms with E-state index in [4.69, 9.17) is 0 Å². The molecule has 0 aliphatic heterocycles. The lowest BCUT2D eigenvalue weighted by molar-refractivity contribution is -0.383. The van der Waals surface area contributed by atoms with Crippen LogP contribution in [-0.4, -0.2) is 10.7 Å². The molecule has 0 aromatic heterocycles. The SMILES string of the molecule is O=C1c2ccccc2-c2cccc3c([N+](=O)[O-])ccc1c23. The van der Waals surface area contributed by atoms with Crippen molar-refractivity contribution < 1.29 is 9.72 Å². The Morgan fingerprint density at radius 1 is 0.762 bits per heavy atom. The maximum Gasteiger partial charge on any atom is 0.277 e. The third-order valence-electron chi connectivity index (χ3n) is 3.92. The molecule has 0 saturated carbocycles. The summed E-state index contributed by atoms with van der Waals surface area (Å²) in [7, 11) is 0. The average molecular weight is 275 g/mol. The van der Waals surface area contributed by atoms with Gasteiger partial charge in [-0.05, 0) is 23.3 Å². The zero-order valence-corrected chi connectivity index (χ0v) is 10.9. The zero-order chi connectivity index (χ0) is 14.6. The minimum Gasteiger partial charge on any atom is -0.289 e. The van der Waals surface area contributed by atoms with E-state index in [9.17, 15) is 14.9 Å². The van der Waals surface area contributed by atoms with Crippen LogP contribution in [0, 0.1) is 10.1 Å². The number of rotatable bonds is 1. The molecule has 4 rings (SSSR count). The first kappa shape index (κ1) is 11.8. The molecule has 1 aliphatic carbocycles. The van der Waals surface area contributed by atoms with E-state index in [-0.39, 0.29) is 11.5 Å². The molecule has 0 saturated heterocycles. The van der Waals surface area contributed by atoms with Crippen molar-refractivity contribution in [3.63, 3.8) is 0 Å². The molecule has 4 nitrogen and oxygen atoms in total. The van der Waals surface area contributed by atoms with Crippen molar-refractivity contribution in [3.8, 4) is 11.1 Å². The van der Waals surface area contributed by atoms with Crippen LogP contribution in [0.1, 0.15) is 15.9 Å². The number of hydrogen-bond donors (Lipinski definition) is 0. The number of hydrogen-bond acceptors (Lipinski definition) is 3. The Bertz CT molecular complexity index is 944. The Morgan fingerprint density at radius 2 is 1.48 bits per heavy atom. The summed E-state index contributed by atoms with van der Waals surface area (Å²) in [5.74, 6) is -0.0794. The first-order chi connectivity index (χ1) is 10.2. The lowest BCUT2D eigenvalue weighted by Gasteiger charge is -2.19. The van der Waals surface area contributed by atoms with Gasteiger partial charge in [-0.3, -0.25) is 14.9 Å². The molecule has 0 bridgehead atoms. The van der Waals surface area contributed by atoms with E-state index < -0.39 is 4.92 Å². The molecule has 1 aliphatic rings. The Labute approximate surface area is 119 Å². The fourth-order valence-electron chi connectivity index (χ4n) is 3.03. The Morgan fingerprint density at radius 3 is 2.24 bits per heavy atom. The van der Waals surface area contributed by atoms with Crippen molar-refractivity contribution in [1.29, 1.82) is 0 Å². The lowest BCUT2D eigenvalue weighted by Crippen LogP contribution is -2.10. The largest absolute Gasteiger partial charge is 0.289 e. The smallest absolute Gasteiger partial charge is 0.277 e. The summed E-state index contributed by atoms with van der Waals surface area (Å²) < 4.78 is 0. The van der Waals surface area contributed by atoms with E-state index in [1.165, 1.54) is 6.07 Å². The number of nitrogens with zero attached hydrogens (tertiary/aromatic N) is 1. The second-order valence-electron chi connectivity index (χ2n) is 4.99. The number of nitro benzene ring substituents is 1. The molecule has 0 radical (unpaired) electrons. The van der Waals surface area contributed by atoms with Gasteiger partial charge in [0.05, 0.1) is 10.3 Å². The van der Waals surface area contributed by atoms with Gasteiger partial charge in [-0.15, -0.1) is 0 Å². The second kappa shape index (κ2) is 3.99. The van der Waals surface area contributed by atoms with Gasteiger partial charge >= 0.3 is 0 Å². The molecule has 0 unspecified atom stereocenters. The molecule has 0 atom stereocenters. The molecule has 0 heterocycles. The predicted octanol–water partition coefficient (Wildman–Crippen LogP) is 3.96. The van der Waals surface area contributed by atoms with Gasteiger partial charge in [0.2, 0.25) is 0 Å². The van der Waals surface area contributed by atoms with Crippen LogP contribution in [0.15, 0.2) is 54.6 Å². The summed E-state index contributed by atoms with van der Waals surface area (Å²) >= 11 is 0. The van der Waals surface area contributed by atoms with Crippen molar-refractivity contribution >= 4 is 22.2 Å². The monoisotopic (exact) mass is 275 g/mol. The molecule has 0 N–H and O–H groups in total. The molecule has 0 amide bonds. The van der Waals surface area contributed by atoms with Crippen LogP contribution in [0.3, 0.4) is 0 Å². The fourth-order valence-corrected chi connectivity index (χ4v) is 3.03. The molecule has 21 heavy (non-hydrogen) atoms. The lowest BCUT2D eigenvalue weighted by atomic mass is 9.82. The van der Waals surface area contributed by atoms with Gasteiger partial charge in [0.25, 0.3) is 5.69 Å². The van der Waals surface area contributed by atoms with Gasteiger partial charge < -0.3 is 0 Å². The van der Waals surface area contributed by atoms with E-state index in [0.717, 1.165) is 11.1 Å². The van der Waals surface area contributed by atoms with Crippen LogP contribution in [0.5, 0.6) is 0 Å². The second-order valence-corrected chi connectivity index (χ2v) is 4.99. The van der Waals surface area contributed by atoms with E-state index in [2.05, 4.69) is 0 Å². The van der Waals surface area contributed by atoms with Gasteiger partial charge in [0.15, 0.2) is 5.78 Å². The number of benzene rings is 3. The zero-order valence-electron chi connectivity index (χ0n) is 10.9.